The second-order valence-electron chi connectivity index (χ2n) is 8.54. The lowest BCUT2D eigenvalue weighted by Gasteiger charge is -2.49. The van der Waals surface area contributed by atoms with Crippen LogP contribution in [0.4, 0.5) is 0 Å². The molecule has 0 unspecified atom stereocenters. The van der Waals surface area contributed by atoms with E-state index in [1.54, 1.807) is 0 Å². The van der Waals surface area contributed by atoms with E-state index in [-0.39, 0.29) is 0 Å². The number of hydrogen-bond acceptors (Lipinski definition) is 3. The normalized spacial score (nSPS) is 29.0. The molecule has 1 saturated carbocycles. The summed E-state index contributed by atoms with van der Waals surface area (Å²) >= 11 is 0. The summed E-state index contributed by atoms with van der Waals surface area (Å²) in [5.74, 6) is 0.418. The van der Waals surface area contributed by atoms with Gasteiger partial charge in [0.1, 0.15) is 0 Å². The first-order chi connectivity index (χ1) is 12.2. The molecule has 3 heterocycles. The van der Waals surface area contributed by atoms with Crippen molar-refractivity contribution in [3.63, 3.8) is 0 Å². The maximum Gasteiger partial charge on any atom is 0.222 e. The molecule has 2 saturated heterocycles. The molecule has 1 aromatic rings. The van der Waals surface area contributed by atoms with Crippen LogP contribution < -0.4 is 0 Å². The number of aryl methyl sites for hydroxylation is 1. The fraction of sp³-hybridized carbons (Fsp3) is 0.800. The molecule has 0 radical (unpaired) electrons. The van der Waals surface area contributed by atoms with Gasteiger partial charge < -0.3 is 9.80 Å². The Labute approximate surface area is 151 Å². The number of piperidine rings is 2. The lowest BCUT2D eigenvalue weighted by molar-refractivity contribution is -0.142. The molecule has 5 heteroatoms. The molecule has 1 amide bonds. The van der Waals surface area contributed by atoms with E-state index >= 15 is 0 Å². The van der Waals surface area contributed by atoms with Crippen molar-refractivity contribution in [1.29, 1.82) is 0 Å². The van der Waals surface area contributed by atoms with Crippen LogP contribution in [0.2, 0.25) is 0 Å². The summed E-state index contributed by atoms with van der Waals surface area (Å²) in [5.41, 5.74) is 1.58. The lowest BCUT2D eigenvalue weighted by atomic mass is 9.73. The van der Waals surface area contributed by atoms with E-state index in [0.29, 0.717) is 17.4 Å². The maximum atomic E-state index is 12.5. The molecule has 0 bridgehead atoms. The van der Waals surface area contributed by atoms with E-state index in [4.69, 9.17) is 0 Å². The second-order valence-corrected chi connectivity index (χ2v) is 8.54. The maximum absolute atomic E-state index is 12.5. The van der Waals surface area contributed by atoms with Crippen molar-refractivity contribution in [1.82, 2.24) is 19.6 Å². The second kappa shape index (κ2) is 7.10. The molecule has 0 aromatic carbocycles. The molecule has 1 aromatic heterocycles. The summed E-state index contributed by atoms with van der Waals surface area (Å²) in [5, 5.41) is 4.42. The van der Waals surface area contributed by atoms with Gasteiger partial charge in [0.25, 0.3) is 0 Å². The third-order valence-electron chi connectivity index (χ3n) is 6.76. The molecule has 4 rings (SSSR count). The van der Waals surface area contributed by atoms with Crippen LogP contribution in [-0.2, 0) is 11.3 Å². The van der Waals surface area contributed by atoms with Crippen molar-refractivity contribution in [3.05, 3.63) is 18.0 Å². The van der Waals surface area contributed by atoms with E-state index in [2.05, 4.69) is 32.6 Å². The number of amides is 1. The van der Waals surface area contributed by atoms with Gasteiger partial charge in [-0.1, -0.05) is 12.8 Å². The van der Waals surface area contributed by atoms with E-state index in [9.17, 15) is 4.79 Å². The first kappa shape index (κ1) is 17.1. The number of carbonyl (C=O) groups excluding carboxylic acids is 1. The Morgan fingerprint density at radius 1 is 1.16 bits per heavy atom. The molecule has 1 atom stereocenters. The average Bonchev–Trinajstić information content (AvgIpc) is 3.28. The summed E-state index contributed by atoms with van der Waals surface area (Å²) < 4.78 is 2.11. The minimum atomic E-state index is 0.341. The van der Waals surface area contributed by atoms with Crippen molar-refractivity contribution in [3.8, 4) is 0 Å². The Bertz CT molecular complexity index is 607. The van der Waals surface area contributed by atoms with Crippen LogP contribution in [0.25, 0.3) is 0 Å². The summed E-state index contributed by atoms with van der Waals surface area (Å²) in [6.07, 6.45) is 11.4. The highest BCUT2D eigenvalue weighted by molar-refractivity contribution is 5.77. The molecular weight excluding hydrogens is 312 g/mol. The predicted molar refractivity (Wildman–Crippen MR) is 98.3 cm³/mol. The Hall–Kier alpha value is -1.36. The average molecular weight is 345 g/mol. The molecule has 1 aliphatic carbocycles. The lowest BCUT2D eigenvalue weighted by Crippen LogP contribution is -2.56. The number of rotatable bonds is 4. The van der Waals surface area contributed by atoms with Gasteiger partial charge in [0.05, 0.1) is 6.54 Å². The molecule has 3 fully saturated rings. The number of likely N-dealkylation sites (tertiary alicyclic amines) is 2. The number of carbonyl (C=O) groups is 1. The largest absolute Gasteiger partial charge is 0.339 e. The third-order valence-corrected chi connectivity index (χ3v) is 6.76. The van der Waals surface area contributed by atoms with Gasteiger partial charge in [-0.15, -0.1) is 0 Å². The highest BCUT2D eigenvalue weighted by Crippen LogP contribution is 2.41. The zero-order valence-corrected chi connectivity index (χ0v) is 15.6. The summed E-state index contributed by atoms with van der Waals surface area (Å²) in [4.78, 5) is 17.4. The third kappa shape index (κ3) is 3.62. The van der Waals surface area contributed by atoms with Gasteiger partial charge >= 0.3 is 0 Å². The Morgan fingerprint density at radius 2 is 2.00 bits per heavy atom. The van der Waals surface area contributed by atoms with Crippen LogP contribution in [0.5, 0.6) is 0 Å². The first-order valence-electron chi connectivity index (χ1n) is 10.2. The van der Waals surface area contributed by atoms with Crippen molar-refractivity contribution < 1.29 is 4.79 Å². The molecule has 0 N–H and O–H groups in total. The van der Waals surface area contributed by atoms with Crippen molar-refractivity contribution >= 4 is 5.91 Å². The molecule has 3 aliphatic rings. The highest BCUT2D eigenvalue weighted by Gasteiger charge is 2.43. The minimum Gasteiger partial charge on any atom is -0.339 e. The Morgan fingerprint density at radius 3 is 2.76 bits per heavy atom. The summed E-state index contributed by atoms with van der Waals surface area (Å²) in [7, 11) is 0. The fourth-order valence-corrected chi connectivity index (χ4v) is 5.30. The van der Waals surface area contributed by atoms with E-state index in [1.807, 2.05) is 6.20 Å². The standard InChI is InChI=1S/C20H32N4O/c1-17-8-11-21-24(17)14-13-22-12-4-9-20(15-22)10-7-19(25)23(16-20)18-5-2-3-6-18/h8,11,18H,2-7,9-10,12-16H2,1H3/t20-/m0/s1. The van der Waals surface area contributed by atoms with Gasteiger partial charge in [-0.3, -0.25) is 9.48 Å². The Balaban J connectivity index is 1.39. The Kier molecular flexibility index (Phi) is 4.85. The molecule has 5 nitrogen and oxygen atoms in total. The molecule has 25 heavy (non-hydrogen) atoms. The monoisotopic (exact) mass is 344 g/mol. The van der Waals surface area contributed by atoms with Gasteiger partial charge in [-0.2, -0.15) is 5.10 Å². The number of hydrogen-bond donors (Lipinski definition) is 0. The molecule has 138 valence electrons. The molecular formula is C20H32N4O. The van der Waals surface area contributed by atoms with Gasteiger partial charge in [0.2, 0.25) is 5.91 Å². The molecule has 2 aliphatic heterocycles. The van der Waals surface area contributed by atoms with Gasteiger partial charge in [0.15, 0.2) is 0 Å². The molecule has 1 spiro atoms. The van der Waals surface area contributed by atoms with Crippen LogP contribution in [0, 0.1) is 12.3 Å². The van der Waals surface area contributed by atoms with Crippen molar-refractivity contribution in [2.45, 2.75) is 70.9 Å². The van der Waals surface area contributed by atoms with Gasteiger partial charge in [0, 0.05) is 49.4 Å². The van der Waals surface area contributed by atoms with E-state index < -0.39 is 0 Å². The minimum absolute atomic E-state index is 0.341. The van der Waals surface area contributed by atoms with E-state index in [1.165, 1.54) is 50.8 Å². The van der Waals surface area contributed by atoms with Crippen LogP contribution in [0.1, 0.15) is 57.1 Å². The van der Waals surface area contributed by atoms with Crippen molar-refractivity contribution in [2.24, 2.45) is 5.41 Å². The number of aromatic nitrogens is 2. The quantitative estimate of drug-likeness (QED) is 0.843. The predicted octanol–water partition coefficient (Wildman–Crippen LogP) is 2.84. The SMILES string of the molecule is Cc1ccnn1CCN1CCC[C@]2(CCC(=O)N(C3CCCC3)C2)C1. The summed E-state index contributed by atoms with van der Waals surface area (Å²) in [6.45, 7) is 7.52. The van der Waals surface area contributed by atoms with E-state index in [0.717, 1.165) is 39.0 Å². The fourth-order valence-electron chi connectivity index (χ4n) is 5.30. The van der Waals surface area contributed by atoms with Crippen LogP contribution in [0.3, 0.4) is 0 Å². The topological polar surface area (TPSA) is 41.4 Å². The number of nitrogens with zero attached hydrogens (tertiary/aromatic N) is 4. The van der Waals surface area contributed by atoms with Gasteiger partial charge in [-0.05, 0) is 51.6 Å². The highest BCUT2D eigenvalue weighted by atomic mass is 16.2. The first-order valence-corrected chi connectivity index (χ1v) is 10.2. The van der Waals surface area contributed by atoms with Crippen LogP contribution >= 0.6 is 0 Å². The smallest absolute Gasteiger partial charge is 0.222 e. The van der Waals surface area contributed by atoms with Crippen molar-refractivity contribution in [2.75, 3.05) is 26.2 Å². The van der Waals surface area contributed by atoms with Gasteiger partial charge in [-0.25, -0.2) is 0 Å². The summed E-state index contributed by atoms with van der Waals surface area (Å²) in [6, 6.07) is 2.61. The van der Waals surface area contributed by atoms with Crippen LogP contribution in [0.15, 0.2) is 12.3 Å². The van der Waals surface area contributed by atoms with Crippen LogP contribution in [-0.4, -0.2) is 57.7 Å². The zero-order valence-electron chi connectivity index (χ0n) is 15.6. The zero-order chi connectivity index (χ0) is 17.3.